The molecule has 2 aromatic rings. The molecule has 1 fully saturated rings. The first-order valence-corrected chi connectivity index (χ1v) is 6.50. The molecule has 0 bridgehead atoms. The maximum Gasteiger partial charge on any atom is 0.200 e. The largest absolute Gasteiger partial charge is 0.507 e. The third-order valence-electron chi connectivity index (χ3n) is 3.25. The van der Waals surface area contributed by atoms with Gasteiger partial charge < -0.3 is 19.2 Å². The van der Waals surface area contributed by atoms with Gasteiger partial charge >= 0.3 is 0 Å². The van der Waals surface area contributed by atoms with E-state index in [1.807, 2.05) is 4.90 Å². The zero-order valence-electron chi connectivity index (χ0n) is 10.9. The molecule has 0 aliphatic carbocycles. The van der Waals surface area contributed by atoms with Crippen LogP contribution >= 0.6 is 0 Å². The Bertz CT molecular complexity index is 659. The van der Waals surface area contributed by atoms with Gasteiger partial charge in [-0.1, -0.05) is 12.1 Å². The topological polar surface area (TPSA) is 62.9 Å². The van der Waals surface area contributed by atoms with Crippen molar-refractivity contribution in [3.8, 4) is 17.1 Å². The smallest absolute Gasteiger partial charge is 0.200 e. The molecule has 0 atom stereocenters. The van der Waals surface area contributed by atoms with E-state index in [1.54, 1.807) is 24.3 Å². The Morgan fingerprint density at radius 3 is 2.60 bits per heavy atom. The number of phenols is 1. The second-order valence-electron chi connectivity index (χ2n) is 4.61. The van der Waals surface area contributed by atoms with Gasteiger partial charge in [0.1, 0.15) is 11.5 Å². The normalized spacial score (nSPS) is 15.3. The van der Waals surface area contributed by atoms with Gasteiger partial charge in [0.25, 0.3) is 0 Å². The maximum atomic E-state index is 11.8. The fourth-order valence-corrected chi connectivity index (χ4v) is 2.22. The summed E-state index contributed by atoms with van der Waals surface area (Å²) in [5.41, 5.74) is 0.371. The van der Waals surface area contributed by atoms with Crippen molar-refractivity contribution in [2.24, 2.45) is 0 Å². The van der Waals surface area contributed by atoms with Gasteiger partial charge in [0.05, 0.1) is 18.8 Å². The van der Waals surface area contributed by atoms with Gasteiger partial charge in [-0.2, -0.15) is 0 Å². The first-order valence-electron chi connectivity index (χ1n) is 6.50. The highest BCUT2D eigenvalue weighted by Gasteiger charge is 2.16. The molecule has 1 saturated heterocycles. The highest BCUT2D eigenvalue weighted by molar-refractivity contribution is 5.65. The van der Waals surface area contributed by atoms with Crippen LogP contribution in [0.3, 0.4) is 0 Å². The maximum absolute atomic E-state index is 11.8. The first-order chi connectivity index (χ1) is 9.74. The monoisotopic (exact) mass is 273 g/mol. The molecule has 0 saturated carbocycles. The number of anilines is 1. The van der Waals surface area contributed by atoms with E-state index >= 15 is 0 Å². The van der Waals surface area contributed by atoms with E-state index < -0.39 is 0 Å². The second kappa shape index (κ2) is 5.38. The van der Waals surface area contributed by atoms with Crippen LogP contribution in [-0.4, -0.2) is 31.4 Å². The zero-order valence-corrected chi connectivity index (χ0v) is 10.9. The molecule has 104 valence electrons. The third-order valence-corrected chi connectivity index (χ3v) is 3.25. The van der Waals surface area contributed by atoms with E-state index in [2.05, 4.69) is 0 Å². The lowest BCUT2D eigenvalue weighted by Gasteiger charge is -2.27. The molecule has 1 aliphatic heterocycles. The molecule has 2 heterocycles. The SMILES string of the molecule is O=c1cc(-c2ccccc2O)oc(N2CCOCC2)c1. The molecule has 5 heteroatoms. The van der Waals surface area contributed by atoms with Crippen LogP contribution in [0.1, 0.15) is 0 Å². The van der Waals surface area contributed by atoms with Gasteiger partial charge in [-0.25, -0.2) is 0 Å². The molecule has 20 heavy (non-hydrogen) atoms. The molecule has 0 amide bonds. The van der Waals surface area contributed by atoms with E-state index in [0.29, 0.717) is 43.5 Å². The number of hydrogen-bond donors (Lipinski definition) is 1. The molecular weight excluding hydrogens is 258 g/mol. The summed E-state index contributed by atoms with van der Waals surface area (Å²) >= 11 is 0. The summed E-state index contributed by atoms with van der Waals surface area (Å²) in [6.45, 7) is 2.61. The summed E-state index contributed by atoms with van der Waals surface area (Å²) in [7, 11) is 0. The summed E-state index contributed by atoms with van der Waals surface area (Å²) in [6.07, 6.45) is 0. The first kappa shape index (κ1) is 12.7. The molecule has 0 spiro atoms. The Morgan fingerprint density at radius 2 is 1.85 bits per heavy atom. The number of rotatable bonds is 2. The standard InChI is InChI=1S/C15H15NO4/c17-11-9-14(12-3-1-2-4-13(12)18)20-15(10-11)16-5-7-19-8-6-16/h1-4,9-10,18H,5-8H2. The predicted molar refractivity (Wildman–Crippen MR) is 75.1 cm³/mol. The molecule has 1 aromatic carbocycles. The number of morpholine rings is 1. The lowest BCUT2D eigenvalue weighted by atomic mass is 10.1. The summed E-state index contributed by atoms with van der Waals surface area (Å²) in [6, 6.07) is 9.65. The predicted octanol–water partition coefficient (Wildman–Crippen LogP) is 1.85. The number of ether oxygens (including phenoxy) is 1. The van der Waals surface area contributed by atoms with Crippen molar-refractivity contribution in [3.63, 3.8) is 0 Å². The van der Waals surface area contributed by atoms with Crippen LogP contribution in [0.2, 0.25) is 0 Å². The minimum atomic E-state index is -0.143. The zero-order chi connectivity index (χ0) is 13.9. The molecule has 1 aliphatic rings. The van der Waals surface area contributed by atoms with Gasteiger partial charge in [0, 0.05) is 25.2 Å². The van der Waals surface area contributed by atoms with Gasteiger partial charge in [0.2, 0.25) is 0 Å². The Morgan fingerprint density at radius 1 is 1.10 bits per heavy atom. The van der Waals surface area contributed by atoms with Crippen molar-refractivity contribution in [2.75, 3.05) is 31.2 Å². The Hall–Kier alpha value is -2.27. The lowest BCUT2D eigenvalue weighted by molar-refractivity contribution is 0.120. The van der Waals surface area contributed by atoms with Crippen molar-refractivity contribution < 1.29 is 14.3 Å². The molecule has 3 rings (SSSR count). The van der Waals surface area contributed by atoms with Crippen molar-refractivity contribution in [1.82, 2.24) is 0 Å². The van der Waals surface area contributed by atoms with Crippen molar-refractivity contribution in [2.45, 2.75) is 0 Å². The molecule has 0 unspecified atom stereocenters. The highest BCUT2D eigenvalue weighted by Crippen LogP contribution is 2.30. The van der Waals surface area contributed by atoms with Crippen LogP contribution in [-0.2, 0) is 4.74 Å². The summed E-state index contributed by atoms with van der Waals surface area (Å²) < 4.78 is 11.1. The number of hydrogen-bond acceptors (Lipinski definition) is 5. The van der Waals surface area contributed by atoms with Crippen molar-refractivity contribution >= 4 is 5.88 Å². The highest BCUT2D eigenvalue weighted by atomic mass is 16.5. The number of nitrogens with zero attached hydrogens (tertiary/aromatic N) is 1. The van der Waals surface area contributed by atoms with Crippen LogP contribution < -0.4 is 10.3 Å². The molecule has 1 aromatic heterocycles. The number of para-hydroxylation sites is 1. The second-order valence-corrected chi connectivity index (χ2v) is 4.61. The molecule has 5 nitrogen and oxygen atoms in total. The summed E-state index contributed by atoms with van der Waals surface area (Å²) in [4.78, 5) is 13.8. The van der Waals surface area contributed by atoms with Gasteiger partial charge in [-0.15, -0.1) is 0 Å². The average Bonchev–Trinajstić information content (AvgIpc) is 2.48. The van der Waals surface area contributed by atoms with Crippen LogP contribution in [0.15, 0.2) is 45.6 Å². The Balaban J connectivity index is 2.02. The van der Waals surface area contributed by atoms with Crippen LogP contribution in [0.25, 0.3) is 11.3 Å². The van der Waals surface area contributed by atoms with Crippen LogP contribution in [0, 0.1) is 0 Å². The van der Waals surface area contributed by atoms with Gasteiger partial charge in [-0.05, 0) is 12.1 Å². The average molecular weight is 273 g/mol. The fourth-order valence-electron chi connectivity index (χ4n) is 2.22. The minimum absolute atomic E-state index is 0.0924. The number of phenolic OH excluding ortho intramolecular Hbond substituents is 1. The molecule has 1 N–H and O–H groups in total. The van der Waals surface area contributed by atoms with Crippen molar-refractivity contribution in [1.29, 1.82) is 0 Å². The summed E-state index contributed by atoms with van der Waals surface area (Å²) in [5.74, 6) is 0.978. The van der Waals surface area contributed by atoms with Crippen molar-refractivity contribution in [3.05, 3.63) is 46.6 Å². The minimum Gasteiger partial charge on any atom is -0.507 e. The quantitative estimate of drug-likeness (QED) is 0.904. The van der Waals surface area contributed by atoms with E-state index in [4.69, 9.17) is 9.15 Å². The fraction of sp³-hybridized carbons (Fsp3) is 0.267. The van der Waals surface area contributed by atoms with E-state index in [-0.39, 0.29) is 11.2 Å². The van der Waals surface area contributed by atoms with Crippen LogP contribution in [0.5, 0.6) is 5.75 Å². The van der Waals surface area contributed by atoms with E-state index in [9.17, 15) is 9.90 Å². The number of benzene rings is 1. The molecular formula is C15H15NO4. The van der Waals surface area contributed by atoms with Gasteiger partial charge in [0.15, 0.2) is 11.3 Å². The number of aromatic hydroxyl groups is 1. The Kier molecular flexibility index (Phi) is 3.43. The van der Waals surface area contributed by atoms with Gasteiger partial charge in [-0.3, -0.25) is 4.79 Å². The van der Waals surface area contributed by atoms with E-state index in [1.165, 1.54) is 12.1 Å². The Labute approximate surface area is 116 Å². The van der Waals surface area contributed by atoms with E-state index in [0.717, 1.165) is 0 Å². The summed E-state index contributed by atoms with van der Waals surface area (Å²) in [5, 5.41) is 9.86. The van der Waals surface area contributed by atoms with Crippen LogP contribution in [0.4, 0.5) is 5.88 Å². The third kappa shape index (κ3) is 2.53. The lowest BCUT2D eigenvalue weighted by Crippen LogP contribution is -2.36. The molecule has 0 radical (unpaired) electrons.